The molecular formula is C16H14BrNO2. The molecule has 0 atom stereocenters. The van der Waals surface area contributed by atoms with Crippen LogP contribution in [0.2, 0.25) is 0 Å². The Labute approximate surface area is 126 Å². The van der Waals surface area contributed by atoms with E-state index in [0.29, 0.717) is 28.1 Å². The molecule has 2 aromatic carbocycles. The predicted molar refractivity (Wildman–Crippen MR) is 80.9 cm³/mol. The summed E-state index contributed by atoms with van der Waals surface area (Å²) in [5, 5.41) is 8.94. The quantitative estimate of drug-likeness (QED) is 0.842. The fourth-order valence-corrected chi connectivity index (χ4v) is 2.44. The minimum atomic E-state index is 0.447. The van der Waals surface area contributed by atoms with Gasteiger partial charge >= 0.3 is 0 Å². The van der Waals surface area contributed by atoms with Crippen LogP contribution in [0.1, 0.15) is 16.7 Å². The minimum absolute atomic E-state index is 0.447. The largest absolute Gasteiger partial charge is 0.493 e. The van der Waals surface area contributed by atoms with Gasteiger partial charge in [-0.3, -0.25) is 0 Å². The maximum absolute atomic E-state index is 8.94. The SMILES string of the molecule is COc1cc(C#N)cc(Br)c1OCc1cccc(C)c1. The molecule has 20 heavy (non-hydrogen) atoms. The van der Waals surface area contributed by atoms with E-state index >= 15 is 0 Å². The van der Waals surface area contributed by atoms with Gasteiger partial charge in [0.25, 0.3) is 0 Å². The standard InChI is InChI=1S/C16H14BrNO2/c1-11-4-3-5-12(6-11)10-20-16-14(17)7-13(9-18)8-15(16)19-2/h3-8H,10H2,1-2H3. The Balaban J connectivity index is 2.23. The molecule has 0 radical (unpaired) electrons. The van der Waals surface area contributed by atoms with Gasteiger partial charge in [-0.05, 0) is 34.5 Å². The Morgan fingerprint density at radius 3 is 2.70 bits per heavy atom. The summed E-state index contributed by atoms with van der Waals surface area (Å²) in [5.41, 5.74) is 2.80. The van der Waals surface area contributed by atoms with Crippen LogP contribution >= 0.6 is 15.9 Å². The highest BCUT2D eigenvalue weighted by atomic mass is 79.9. The lowest BCUT2D eigenvalue weighted by Crippen LogP contribution is -1.99. The van der Waals surface area contributed by atoms with Crippen LogP contribution in [0.25, 0.3) is 0 Å². The molecule has 3 nitrogen and oxygen atoms in total. The lowest BCUT2D eigenvalue weighted by Gasteiger charge is -2.13. The second-order valence-corrected chi connectivity index (χ2v) is 5.23. The first kappa shape index (κ1) is 14.4. The molecule has 102 valence electrons. The minimum Gasteiger partial charge on any atom is -0.493 e. The highest BCUT2D eigenvalue weighted by molar-refractivity contribution is 9.10. The second kappa shape index (κ2) is 6.44. The predicted octanol–water partition coefficient (Wildman–Crippen LogP) is 4.22. The first-order chi connectivity index (χ1) is 9.63. The fourth-order valence-electron chi connectivity index (χ4n) is 1.88. The second-order valence-electron chi connectivity index (χ2n) is 4.38. The lowest BCUT2D eigenvalue weighted by molar-refractivity contribution is 0.282. The number of halogens is 1. The van der Waals surface area contributed by atoms with Crippen molar-refractivity contribution in [3.63, 3.8) is 0 Å². The fraction of sp³-hybridized carbons (Fsp3) is 0.188. The zero-order chi connectivity index (χ0) is 14.5. The monoisotopic (exact) mass is 331 g/mol. The summed E-state index contributed by atoms with van der Waals surface area (Å²) in [6, 6.07) is 13.6. The van der Waals surface area contributed by atoms with E-state index in [1.165, 1.54) is 5.56 Å². The first-order valence-corrected chi connectivity index (χ1v) is 6.89. The Bertz CT molecular complexity index is 662. The van der Waals surface area contributed by atoms with Gasteiger partial charge in [0.1, 0.15) is 6.61 Å². The summed E-state index contributed by atoms with van der Waals surface area (Å²) in [5.74, 6) is 1.15. The van der Waals surface area contributed by atoms with Crippen molar-refractivity contribution in [3.05, 3.63) is 57.6 Å². The molecule has 2 aromatic rings. The summed E-state index contributed by atoms with van der Waals surface area (Å²) in [7, 11) is 1.56. The Hall–Kier alpha value is -1.99. The molecule has 0 spiro atoms. The van der Waals surface area contributed by atoms with E-state index in [2.05, 4.69) is 28.1 Å². The Kier molecular flexibility index (Phi) is 4.65. The average molecular weight is 332 g/mol. The van der Waals surface area contributed by atoms with Gasteiger partial charge in [0.15, 0.2) is 11.5 Å². The molecular weight excluding hydrogens is 318 g/mol. The van der Waals surface area contributed by atoms with E-state index in [9.17, 15) is 0 Å². The van der Waals surface area contributed by atoms with E-state index in [1.54, 1.807) is 19.2 Å². The normalized spacial score (nSPS) is 9.90. The van der Waals surface area contributed by atoms with E-state index in [4.69, 9.17) is 14.7 Å². The van der Waals surface area contributed by atoms with Gasteiger partial charge in [0, 0.05) is 6.07 Å². The molecule has 0 N–H and O–H groups in total. The zero-order valence-corrected chi connectivity index (χ0v) is 12.9. The van der Waals surface area contributed by atoms with E-state index in [-0.39, 0.29) is 0 Å². The molecule has 0 aliphatic carbocycles. The molecule has 0 saturated heterocycles. The summed E-state index contributed by atoms with van der Waals surface area (Å²) in [6.45, 7) is 2.49. The summed E-state index contributed by atoms with van der Waals surface area (Å²) in [6.07, 6.45) is 0. The summed E-state index contributed by atoms with van der Waals surface area (Å²) >= 11 is 3.41. The molecule has 0 bridgehead atoms. The molecule has 4 heteroatoms. The maximum atomic E-state index is 8.94. The van der Waals surface area contributed by atoms with Gasteiger partial charge in [0.2, 0.25) is 0 Å². The lowest BCUT2D eigenvalue weighted by atomic mass is 10.1. The van der Waals surface area contributed by atoms with Crippen LogP contribution < -0.4 is 9.47 Å². The molecule has 0 heterocycles. The van der Waals surface area contributed by atoms with Gasteiger partial charge in [-0.2, -0.15) is 5.26 Å². The number of rotatable bonds is 4. The topological polar surface area (TPSA) is 42.2 Å². The molecule has 0 aliphatic heterocycles. The van der Waals surface area contributed by atoms with E-state index < -0.39 is 0 Å². The van der Waals surface area contributed by atoms with Gasteiger partial charge < -0.3 is 9.47 Å². The van der Waals surface area contributed by atoms with Crippen molar-refractivity contribution in [1.29, 1.82) is 5.26 Å². The smallest absolute Gasteiger partial charge is 0.175 e. The van der Waals surface area contributed by atoms with Crippen LogP contribution in [0.4, 0.5) is 0 Å². The van der Waals surface area contributed by atoms with Crippen molar-refractivity contribution in [1.82, 2.24) is 0 Å². The molecule has 0 unspecified atom stereocenters. The highest BCUT2D eigenvalue weighted by Crippen LogP contribution is 2.37. The van der Waals surface area contributed by atoms with Crippen LogP contribution in [0, 0.1) is 18.3 Å². The number of ether oxygens (including phenoxy) is 2. The van der Waals surface area contributed by atoms with Crippen LogP contribution in [0.5, 0.6) is 11.5 Å². The summed E-state index contributed by atoms with van der Waals surface area (Å²) < 4.78 is 11.8. The van der Waals surface area contributed by atoms with Crippen molar-refractivity contribution in [2.75, 3.05) is 7.11 Å². The molecule has 0 aromatic heterocycles. The molecule has 0 saturated carbocycles. The number of hydrogen-bond acceptors (Lipinski definition) is 3. The third kappa shape index (κ3) is 3.31. The van der Waals surface area contributed by atoms with E-state index in [0.717, 1.165) is 5.56 Å². The van der Waals surface area contributed by atoms with E-state index in [1.807, 2.05) is 25.1 Å². The van der Waals surface area contributed by atoms with Gasteiger partial charge in [0.05, 0.1) is 23.2 Å². The van der Waals surface area contributed by atoms with Crippen molar-refractivity contribution >= 4 is 15.9 Å². The van der Waals surface area contributed by atoms with Gasteiger partial charge in [-0.15, -0.1) is 0 Å². The number of methoxy groups -OCH3 is 1. The van der Waals surface area contributed by atoms with Crippen molar-refractivity contribution in [3.8, 4) is 17.6 Å². The Morgan fingerprint density at radius 2 is 2.05 bits per heavy atom. The first-order valence-electron chi connectivity index (χ1n) is 6.10. The van der Waals surface area contributed by atoms with Crippen LogP contribution in [-0.2, 0) is 6.61 Å². The molecule has 0 aliphatic rings. The molecule has 0 amide bonds. The zero-order valence-electron chi connectivity index (χ0n) is 11.3. The Morgan fingerprint density at radius 1 is 1.25 bits per heavy atom. The maximum Gasteiger partial charge on any atom is 0.175 e. The number of nitriles is 1. The van der Waals surface area contributed by atoms with Crippen LogP contribution in [-0.4, -0.2) is 7.11 Å². The number of benzene rings is 2. The van der Waals surface area contributed by atoms with Gasteiger partial charge in [-0.25, -0.2) is 0 Å². The average Bonchev–Trinajstić information content (AvgIpc) is 2.45. The van der Waals surface area contributed by atoms with Crippen molar-refractivity contribution in [2.24, 2.45) is 0 Å². The van der Waals surface area contributed by atoms with Crippen molar-refractivity contribution < 1.29 is 9.47 Å². The summed E-state index contributed by atoms with van der Waals surface area (Å²) in [4.78, 5) is 0. The third-order valence-electron chi connectivity index (χ3n) is 2.82. The highest BCUT2D eigenvalue weighted by Gasteiger charge is 2.11. The molecule has 2 rings (SSSR count). The number of nitrogens with zero attached hydrogens (tertiary/aromatic N) is 1. The van der Waals surface area contributed by atoms with Crippen molar-refractivity contribution in [2.45, 2.75) is 13.5 Å². The third-order valence-corrected chi connectivity index (χ3v) is 3.41. The van der Waals surface area contributed by atoms with Crippen LogP contribution in [0.15, 0.2) is 40.9 Å². The number of aryl methyl sites for hydroxylation is 1. The molecule has 0 fully saturated rings. The van der Waals surface area contributed by atoms with Crippen LogP contribution in [0.3, 0.4) is 0 Å². The van der Waals surface area contributed by atoms with Gasteiger partial charge in [-0.1, -0.05) is 29.8 Å². The number of hydrogen-bond donors (Lipinski definition) is 0.